The first-order chi connectivity index (χ1) is 8.16. The lowest BCUT2D eigenvalue weighted by Gasteiger charge is -2.13. The number of nitrogens with two attached hydrogens (primary N) is 1. The molecule has 1 unspecified atom stereocenters. The average Bonchev–Trinajstić information content (AvgIpc) is 2.26. The van der Waals surface area contributed by atoms with E-state index in [0.717, 1.165) is 25.9 Å². The van der Waals surface area contributed by atoms with Crippen LogP contribution in [0.2, 0.25) is 0 Å². The van der Waals surface area contributed by atoms with Gasteiger partial charge >= 0.3 is 0 Å². The smallest absolute Gasteiger partial charge is 0.0701 e. The first-order valence-electron chi connectivity index (χ1n) is 6.56. The maximum Gasteiger partial charge on any atom is 0.0701 e. The summed E-state index contributed by atoms with van der Waals surface area (Å²) in [5.41, 5.74) is 5.98. The van der Waals surface area contributed by atoms with E-state index >= 15 is 0 Å². The van der Waals surface area contributed by atoms with Gasteiger partial charge in [0.25, 0.3) is 0 Å². The van der Waals surface area contributed by atoms with Gasteiger partial charge < -0.3 is 19.9 Å². The van der Waals surface area contributed by atoms with Gasteiger partial charge in [0, 0.05) is 19.8 Å². The van der Waals surface area contributed by atoms with Gasteiger partial charge in [-0.1, -0.05) is 13.8 Å². The maximum absolute atomic E-state index is 5.98. The highest BCUT2D eigenvalue weighted by molar-refractivity contribution is 4.63. The number of methoxy groups -OCH3 is 1. The zero-order valence-electron chi connectivity index (χ0n) is 11.6. The molecule has 0 aliphatic rings. The van der Waals surface area contributed by atoms with Crippen LogP contribution in [-0.4, -0.2) is 46.2 Å². The SMILES string of the molecule is COCCOCCOCCCC(N)CC(C)C. The molecule has 104 valence electrons. The minimum atomic E-state index is 0.316. The molecular weight excluding hydrogens is 218 g/mol. The van der Waals surface area contributed by atoms with Crippen molar-refractivity contribution in [2.24, 2.45) is 11.7 Å². The fourth-order valence-electron chi connectivity index (χ4n) is 1.64. The number of hydrogen-bond donors (Lipinski definition) is 1. The van der Waals surface area contributed by atoms with Crippen molar-refractivity contribution >= 4 is 0 Å². The molecule has 0 heterocycles. The molecule has 0 amide bonds. The highest BCUT2D eigenvalue weighted by Crippen LogP contribution is 2.07. The monoisotopic (exact) mass is 247 g/mol. The molecule has 0 saturated carbocycles. The Hall–Kier alpha value is -0.160. The van der Waals surface area contributed by atoms with E-state index in [-0.39, 0.29) is 0 Å². The van der Waals surface area contributed by atoms with E-state index in [0.29, 0.717) is 38.4 Å². The van der Waals surface area contributed by atoms with Crippen molar-refractivity contribution in [1.82, 2.24) is 0 Å². The summed E-state index contributed by atoms with van der Waals surface area (Å²) >= 11 is 0. The highest BCUT2D eigenvalue weighted by atomic mass is 16.5. The number of hydrogen-bond acceptors (Lipinski definition) is 4. The van der Waals surface area contributed by atoms with Gasteiger partial charge in [0.1, 0.15) is 0 Å². The van der Waals surface area contributed by atoms with Crippen molar-refractivity contribution in [2.75, 3.05) is 40.1 Å². The summed E-state index contributed by atoms with van der Waals surface area (Å²) in [6, 6.07) is 0.316. The summed E-state index contributed by atoms with van der Waals surface area (Å²) in [7, 11) is 1.67. The van der Waals surface area contributed by atoms with E-state index in [4.69, 9.17) is 19.9 Å². The zero-order chi connectivity index (χ0) is 12.9. The van der Waals surface area contributed by atoms with Crippen molar-refractivity contribution < 1.29 is 14.2 Å². The molecule has 2 N–H and O–H groups in total. The predicted molar refractivity (Wildman–Crippen MR) is 70.2 cm³/mol. The number of ether oxygens (including phenoxy) is 3. The van der Waals surface area contributed by atoms with E-state index in [2.05, 4.69) is 13.8 Å². The normalized spacial score (nSPS) is 13.2. The lowest BCUT2D eigenvalue weighted by Crippen LogP contribution is -2.22. The van der Waals surface area contributed by atoms with E-state index in [1.807, 2.05) is 0 Å². The average molecular weight is 247 g/mol. The fourth-order valence-corrected chi connectivity index (χ4v) is 1.64. The first kappa shape index (κ1) is 16.8. The van der Waals surface area contributed by atoms with Gasteiger partial charge in [0.05, 0.1) is 26.4 Å². The summed E-state index contributed by atoms with van der Waals surface area (Å²) in [4.78, 5) is 0. The molecule has 0 aromatic carbocycles. The standard InChI is InChI=1S/C13H29NO3/c1-12(2)11-13(14)5-4-6-16-9-10-17-8-7-15-3/h12-13H,4-11,14H2,1-3H3. The van der Waals surface area contributed by atoms with Gasteiger partial charge in [-0.3, -0.25) is 0 Å². The summed E-state index contributed by atoms with van der Waals surface area (Å²) in [6.45, 7) is 7.76. The Morgan fingerprint density at radius 2 is 1.53 bits per heavy atom. The van der Waals surface area contributed by atoms with E-state index in [1.54, 1.807) is 7.11 Å². The molecular formula is C13H29NO3. The largest absolute Gasteiger partial charge is 0.382 e. The van der Waals surface area contributed by atoms with Crippen LogP contribution in [0.15, 0.2) is 0 Å². The second-order valence-electron chi connectivity index (χ2n) is 4.75. The van der Waals surface area contributed by atoms with E-state index in [1.165, 1.54) is 0 Å². The third kappa shape index (κ3) is 13.8. The quantitative estimate of drug-likeness (QED) is 0.534. The Morgan fingerprint density at radius 3 is 2.12 bits per heavy atom. The van der Waals surface area contributed by atoms with Gasteiger partial charge in [-0.05, 0) is 25.2 Å². The maximum atomic E-state index is 5.98. The van der Waals surface area contributed by atoms with Gasteiger partial charge in [-0.2, -0.15) is 0 Å². The molecule has 0 fully saturated rings. The minimum absolute atomic E-state index is 0.316. The van der Waals surface area contributed by atoms with Crippen molar-refractivity contribution in [3.05, 3.63) is 0 Å². The van der Waals surface area contributed by atoms with Crippen molar-refractivity contribution in [3.63, 3.8) is 0 Å². The molecule has 4 heteroatoms. The minimum Gasteiger partial charge on any atom is -0.382 e. The molecule has 0 spiro atoms. The summed E-state index contributed by atoms with van der Waals surface area (Å²) in [6.07, 6.45) is 3.18. The molecule has 0 aromatic heterocycles. The molecule has 17 heavy (non-hydrogen) atoms. The van der Waals surface area contributed by atoms with E-state index in [9.17, 15) is 0 Å². The molecule has 0 radical (unpaired) electrons. The third-order valence-electron chi connectivity index (χ3n) is 2.44. The van der Waals surface area contributed by atoms with Crippen LogP contribution in [0.25, 0.3) is 0 Å². The Balaban J connectivity index is 3.07. The summed E-state index contributed by atoms with van der Waals surface area (Å²) in [5, 5.41) is 0. The molecule has 0 rings (SSSR count). The Bertz CT molecular complexity index is 154. The Morgan fingerprint density at radius 1 is 0.941 bits per heavy atom. The van der Waals surface area contributed by atoms with Gasteiger partial charge in [0.2, 0.25) is 0 Å². The van der Waals surface area contributed by atoms with Gasteiger partial charge in [-0.25, -0.2) is 0 Å². The molecule has 0 aliphatic carbocycles. The second-order valence-corrected chi connectivity index (χ2v) is 4.75. The first-order valence-corrected chi connectivity index (χ1v) is 6.56. The van der Waals surface area contributed by atoms with E-state index < -0.39 is 0 Å². The fraction of sp³-hybridized carbons (Fsp3) is 1.00. The summed E-state index contributed by atoms with van der Waals surface area (Å²) in [5.74, 6) is 0.681. The third-order valence-corrected chi connectivity index (χ3v) is 2.44. The van der Waals surface area contributed by atoms with Crippen LogP contribution in [0.1, 0.15) is 33.1 Å². The number of rotatable bonds is 12. The van der Waals surface area contributed by atoms with Gasteiger partial charge in [-0.15, -0.1) is 0 Å². The topological polar surface area (TPSA) is 53.7 Å². The Labute approximate surface area is 106 Å². The molecule has 1 atom stereocenters. The van der Waals surface area contributed by atoms with Crippen LogP contribution in [0.4, 0.5) is 0 Å². The molecule has 0 bridgehead atoms. The summed E-state index contributed by atoms with van der Waals surface area (Å²) < 4.78 is 15.6. The zero-order valence-corrected chi connectivity index (χ0v) is 11.6. The Kier molecular flexibility index (Phi) is 12.2. The van der Waals surface area contributed by atoms with Crippen LogP contribution >= 0.6 is 0 Å². The van der Waals surface area contributed by atoms with Crippen LogP contribution in [-0.2, 0) is 14.2 Å². The highest BCUT2D eigenvalue weighted by Gasteiger charge is 2.04. The van der Waals surface area contributed by atoms with Crippen molar-refractivity contribution in [2.45, 2.75) is 39.2 Å². The predicted octanol–water partition coefficient (Wildman–Crippen LogP) is 1.82. The van der Waals surface area contributed by atoms with Crippen molar-refractivity contribution in [1.29, 1.82) is 0 Å². The molecule has 0 aliphatic heterocycles. The van der Waals surface area contributed by atoms with Crippen molar-refractivity contribution in [3.8, 4) is 0 Å². The van der Waals surface area contributed by atoms with Crippen LogP contribution in [0, 0.1) is 5.92 Å². The van der Waals surface area contributed by atoms with Crippen LogP contribution < -0.4 is 5.73 Å². The second kappa shape index (κ2) is 12.3. The van der Waals surface area contributed by atoms with Crippen LogP contribution in [0.3, 0.4) is 0 Å². The lowest BCUT2D eigenvalue weighted by atomic mass is 10.0. The van der Waals surface area contributed by atoms with Crippen LogP contribution in [0.5, 0.6) is 0 Å². The molecule has 0 saturated heterocycles. The lowest BCUT2D eigenvalue weighted by molar-refractivity contribution is 0.0237. The molecule has 4 nitrogen and oxygen atoms in total. The van der Waals surface area contributed by atoms with Gasteiger partial charge in [0.15, 0.2) is 0 Å². The molecule has 0 aromatic rings.